The fraction of sp³-hybridized carbons (Fsp3) is 0.650. The van der Waals surface area contributed by atoms with Gasteiger partial charge in [-0.1, -0.05) is 58.3 Å². The Morgan fingerprint density at radius 3 is 2.11 bits per heavy atom. The Morgan fingerprint density at radius 2 is 1.56 bits per heavy atom. The lowest BCUT2D eigenvalue weighted by Crippen LogP contribution is -2.65. The molecule has 3 unspecified atom stereocenters. The van der Waals surface area contributed by atoms with Crippen LogP contribution in [-0.4, -0.2) is 27.9 Å². The minimum Gasteiger partial charge on any atom is -0.476 e. The molecular weight excluding hydrogens is 558 g/mol. The average molecular weight is 616 g/mol. The van der Waals surface area contributed by atoms with E-state index in [1.807, 2.05) is 6.92 Å². The lowest BCUT2D eigenvalue weighted by atomic mass is 9.33. The van der Waals surface area contributed by atoms with Crippen molar-refractivity contribution in [3.8, 4) is 38.5 Å². The molecule has 0 aliphatic heterocycles. The van der Waals surface area contributed by atoms with Crippen molar-refractivity contribution in [1.82, 2.24) is 5.16 Å². The molecule has 5 nitrogen and oxygen atoms in total. The van der Waals surface area contributed by atoms with E-state index in [1.165, 1.54) is 57.8 Å². The number of aromatic nitrogens is 1. The number of carboxylic acids is 1. The van der Waals surface area contributed by atoms with Crippen LogP contribution >= 0.6 is 0 Å². The molecule has 5 aliphatic carbocycles. The highest BCUT2D eigenvalue weighted by atomic mass is 16.5. The molecule has 4 fully saturated rings. The van der Waals surface area contributed by atoms with Gasteiger partial charge in [0, 0.05) is 12.7 Å². The number of fused-ring (bicyclic) bond motifs is 7. The van der Waals surface area contributed by atoms with Crippen molar-refractivity contribution in [2.75, 3.05) is 6.61 Å². The Balaban J connectivity index is 0.000000717. The second-order valence-electron chi connectivity index (χ2n) is 15.0. The number of terminal acetylenes is 3. The monoisotopic (exact) mass is 615 g/mol. The second kappa shape index (κ2) is 14.5. The Bertz CT molecular complexity index is 1270. The Labute approximate surface area is 273 Å². The minimum absolute atomic E-state index is 0.0133. The zero-order valence-corrected chi connectivity index (χ0v) is 28.6. The zero-order chi connectivity index (χ0) is 34.4. The summed E-state index contributed by atoms with van der Waals surface area (Å²) in [5.41, 5.74) is 2.08. The molecule has 0 aromatic carbocycles. The van der Waals surface area contributed by atoms with Crippen LogP contribution in [0.25, 0.3) is 5.57 Å². The third kappa shape index (κ3) is 5.81. The van der Waals surface area contributed by atoms with Crippen LogP contribution in [0, 0.1) is 89.3 Å². The smallest absolute Gasteiger partial charge is 0.358 e. The number of hydrogen-bond donors (Lipinski definition) is 2. The summed E-state index contributed by atoms with van der Waals surface area (Å²) in [6, 6.07) is 1.61. The number of rotatable bonds is 3. The largest absolute Gasteiger partial charge is 0.476 e. The molecular formula is C40H57NO4. The van der Waals surface area contributed by atoms with Gasteiger partial charge < -0.3 is 14.7 Å². The molecule has 246 valence electrons. The molecule has 1 aromatic heterocycles. The SMILES string of the molecule is C#C.C#C.C#C.C=CC.CC1(C)C(c2cc(C(=O)O)no2)=CC[C@@]2(C)C1CC[C@]1(C)C2CC[C@@H]2C3CCC[C@]3(CO)CC[C@]21C. The molecule has 6 rings (SSSR count). The van der Waals surface area contributed by atoms with E-state index in [1.54, 1.807) is 12.1 Å². The van der Waals surface area contributed by atoms with Gasteiger partial charge in [0.05, 0.1) is 0 Å². The van der Waals surface area contributed by atoms with Crippen molar-refractivity contribution in [2.24, 2.45) is 50.7 Å². The van der Waals surface area contributed by atoms with Crippen LogP contribution in [0.4, 0.5) is 0 Å². The molecule has 5 aliphatic rings. The Kier molecular flexibility index (Phi) is 12.2. The number of nitrogens with zero attached hydrogens (tertiary/aromatic N) is 1. The molecule has 45 heavy (non-hydrogen) atoms. The molecule has 2 N–H and O–H groups in total. The molecule has 0 bridgehead atoms. The molecule has 0 spiro atoms. The first-order valence-electron chi connectivity index (χ1n) is 16.4. The first-order chi connectivity index (χ1) is 21.3. The summed E-state index contributed by atoms with van der Waals surface area (Å²) in [6.07, 6.45) is 40.5. The predicted octanol–water partition coefficient (Wildman–Crippen LogP) is 9.15. The number of allylic oxidation sites excluding steroid dienone is 3. The van der Waals surface area contributed by atoms with Crippen LogP contribution in [0.1, 0.15) is 122 Å². The topological polar surface area (TPSA) is 83.6 Å². The summed E-state index contributed by atoms with van der Waals surface area (Å²) in [5, 5.41) is 23.7. The fourth-order valence-electron chi connectivity index (χ4n) is 11.5. The van der Waals surface area contributed by atoms with Crippen LogP contribution in [-0.2, 0) is 0 Å². The number of hydrogen-bond acceptors (Lipinski definition) is 4. The van der Waals surface area contributed by atoms with Gasteiger partial charge in [0.15, 0.2) is 11.5 Å². The molecule has 8 atom stereocenters. The van der Waals surface area contributed by atoms with Crippen molar-refractivity contribution >= 4 is 11.5 Å². The van der Waals surface area contributed by atoms with Crippen molar-refractivity contribution < 1.29 is 19.5 Å². The minimum atomic E-state index is -1.04. The lowest BCUT2D eigenvalue weighted by Gasteiger charge is -2.72. The predicted molar refractivity (Wildman–Crippen MR) is 185 cm³/mol. The molecule has 1 aromatic rings. The zero-order valence-electron chi connectivity index (χ0n) is 28.6. The van der Waals surface area contributed by atoms with E-state index >= 15 is 0 Å². The van der Waals surface area contributed by atoms with Crippen LogP contribution in [0.15, 0.2) is 29.3 Å². The molecule has 4 saturated carbocycles. The second-order valence-corrected chi connectivity index (χ2v) is 15.0. The van der Waals surface area contributed by atoms with Gasteiger partial charge in [-0.2, -0.15) is 0 Å². The highest BCUT2D eigenvalue weighted by molar-refractivity contribution is 5.86. The van der Waals surface area contributed by atoms with Crippen LogP contribution in [0.2, 0.25) is 0 Å². The van der Waals surface area contributed by atoms with E-state index in [9.17, 15) is 15.0 Å². The third-order valence-electron chi connectivity index (χ3n) is 13.4. The van der Waals surface area contributed by atoms with E-state index in [4.69, 9.17) is 4.52 Å². The van der Waals surface area contributed by atoms with Crippen molar-refractivity contribution in [2.45, 2.75) is 106 Å². The van der Waals surface area contributed by atoms with Gasteiger partial charge >= 0.3 is 5.97 Å². The highest BCUT2D eigenvalue weighted by Gasteiger charge is 2.69. The molecule has 1 heterocycles. The average Bonchev–Trinajstić information content (AvgIpc) is 3.69. The summed E-state index contributed by atoms with van der Waals surface area (Å²) in [6.45, 7) is 18.2. The Hall–Kier alpha value is -3.20. The van der Waals surface area contributed by atoms with Crippen molar-refractivity contribution in [3.05, 3.63) is 36.3 Å². The molecule has 0 saturated heterocycles. The summed E-state index contributed by atoms with van der Waals surface area (Å²) in [5.74, 6) is 2.23. The lowest BCUT2D eigenvalue weighted by molar-refractivity contribution is -0.225. The van der Waals surface area contributed by atoms with E-state index in [2.05, 4.69) is 91.0 Å². The van der Waals surface area contributed by atoms with Gasteiger partial charge in [-0.05, 0) is 121 Å². The number of carbonyl (C=O) groups is 1. The number of carboxylic acid groups (broad SMARTS) is 1. The number of aliphatic hydroxyl groups excluding tert-OH is 1. The number of aliphatic hydroxyl groups is 1. The Morgan fingerprint density at radius 1 is 0.933 bits per heavy atom. The van der Waals surface area contributed by atoms with Gasteiger partial charge in [0.2, 0.25) is 0 Å². The van der Waals surface area contributed by atoms with E-state index < -0.39 is 5.97 Å². The highest BCUT2D eigenvalue weighted by Crippen LogP contribution is 2.77. The maximum absolute atomic E-state index is 11.4. The quantitative estimate of drug-likeness (QED) is 0.262. The van der Waals surface area contributed by atoms with Gasteiger partial charge in [-0.15, -0.1) is 45.1 Å². The van der Waals surface area contributed by atoms with Gasteiger partial charge in [-0.3, -0.25) is 0 Å². The number of aromatic carboxylic acids is 1. The molecule has 0 radical (unpaired) electrons. The van der Waals surface area contributed by atoms with Crippen LogP contribution in [0.3, 0.4) is 0 Å². The molecule has 0 amide bonds. The standard InChI is InChI=1S/C31H45NO4.C3H6.3C2H2/c1-27(2)21(23-17-22(26(34)35)32-36-23)10-13-28(3)24(27)11-14-30(5)25(28)9-8-19-20-7-6-12-31(20,18-33)16-15-29(19,30)4;1-3-2;3*1-2/h10,17,19-20,24-25,33H,6-9,11-16,18H2,1-5H3,(H,34,35);3H,1H2,2H3;3*1-2H/t19-,20?,24?,25?,28+,29-,30-,31-;;;;/m1..../s1. The van der Waals surface area contributed by atoms with Gasteiger partial charge in [0.25, 0.3) is 0 Å². The first-order valence-corrected chi connectivity index (χ1v) is 16.4. The van der Waals surface area contributed by atoms with Crippen molar-refractivity contribution in [3.63, 3.8) is 0 Å². The summed E-state index contributed by atoms with van der Waals surface area (Å²) >= 11 is 0. The fourth-order valence-corrected chi connectivity index (χ4v) is 11.5. The van der Waals surface area contributed by atoms with Crippen LogP contribution in [0.5, 0.6) is 0 Å². The van der Waals surface area contributed by atoms with Gasteiger partial charge in [0.1, 0.15) is 0 Å². The molecule has 5 heteroatoms. The summed E-state index contributed by atoms with van der Waals surface area (Å²) < 4.78 is 5.57. The summed E-state index contributed by atoms with van der Waals surface area (Å²) in [4.78, 5) is 11.4. The van der Waals surface area contributed by atoms with E-state index in [0.717, 1.165) is 17.9 Å². The summed E-state index contributed by atoms with van der Waals surface area (Å²) in [7, 11) is 0. The normalized spacial score (nSPS) is 38.2. The van der Waals surface area contributed by atoms with Crippen LogP contribution < -0.4 is 0 Å². The van der Waals surface area contributed by atoms with Gasteiger partial charge in [-0.25, -0.2) is 4.79 Å². The van der Waals surface area contributed by atoms with Crippen molar-refractivity contribution in [1.29, 1.82) is 0 Å². The third-order valence-corrected chi connectivity index (χ3v) is 13.4. The van der Waals surface area contributed by atoms with E-state index in [0.29, 0.717) is 41.0 Å². The first kappa shape index (κ1) is 38.0. The maximum Gasteiger partial charge on any atom is 0.358 e. The van der Waals surface area contributed by atoms with E-state index in [-0.39, 0.29) is 21.9 Å². The maximum atomic E-state index is 11.4.